The highest BCUT2D eigenvalue weighted by atomic mass is 35.5. The van der Waals surface area contributed by atoms with Crippen molar-refractivity contribution < 1.29 is 31.8 Å². The number of aliphatic hydroxyl groups excluding tert-OH is 1. The summed E-state index contributed by atoms with van der Waals surface area (Å²) in [6, 6.07) is 0.762. The fourth-order valence-electron chi connectivity index (χ4n) is 1.27. The van der Waals surface area contributed by atoms with Crippen molar-refractivity contribution in [3.8, 4) is 5.88 Å². The van der Waals surface area contributed by atoms with Gasteiger partial charge in [0.1, 0.15) is 5.69 Å². The quantitative estimate of drug-likeness (QED) is 0.684. The molecule has 0 unspecified atom stereocenters. The van der Waals surface area contributed by atoms with Gasteiger partial charge in [0.2, 0.25) is 5.88 Å². The average molecular weight is 292 g/mol. The maximum atomic E-state index is 12.6. The van der Waals surface area contributed by atoms with Crippen LogP contribution in [0, 0.1) is 0 Å². The number of halogens is 6. The van der Waals surface area contributed by atoms with Crippen molar-refractivity contribution in [1.82, 2.24) is 4.98 Å². The Bertz CT molecular complexity index is 424. The van der Waals surface area contributed by atoms with E-state index >= 15 is 0 Å². The Morgan fingerprint density at radius 1 is 1.39 bits per heavy atom. The van der Waals surface area contributed by atoms with Crippen LogP contribution in [0.2, 0.25) is 0 Å². The summed E-state index contributed by atoms with van der Waals surface area (Å²) in [4.78, 5) is 3.03. The zero-order valence-corrected chi connectivity index (χ0v) is 9.40. The van der Waals surface area contributed by atoms with Gasteiger partial charge in [-0.1, -0.05) is 0 Å². The Morgan fingerprint density at radius 3 is 2.39 bits per heavy atom. The van der Waals surface area contributed by atoms with Crippen molar-refractivity contribution in [3.05, 3.63) is 22.9 Å². The molecule has 0 atom stereocenters. The molecule has 1 aromatic rings. The average Bonchev–Trinajstić information content (AvgIpc) is 2.25. The van der Waals surface area contributed by atoms with Crippen LogP contribution in [0.3, 0.4) is 0 Å². The van der Waals surface area contributed by atoms with Gasteiger partial charge in [-0.25, -0.2) is 13.8 Å². The summed E-state index contributed by atoms with van der Waals surface area (Å²) < 4.78 is 64.5. The van der Waals surface area contributed by atoms with Gasteiger partial charge in [0.15, 0.2) is 0 Å². The Morgan fingerprint density at radius 2 is 2.00 bits per heavy atom. The third-order valence-corrected chi connectivity index (χ3v) is 2.24. The molecule has 0 aliphatic rings. The fourth-order valence-corrected chi connectivity index (χ4v) is 1.51. The van der Waals surface area contributed by atoms with Crippen molar-refractivity contribution >= 4 is 11.6 Å². The van der Waals surface area contributed by atoms with Crippen LogP contribution < -0.4 is 4.74 Å². The Kier molecular flexibility index (Phi) is 4.69. The van der Waals surface area contributed by atoms with E-state index in [1.807, 2.05) is 0 Å². The molecule has 9 heteroatoms. The molecule has 102 valence electrons. The summed E-state index contributed by atoms with van der Waals surface area (Å²) in [7, 11) is 0. The lowest BCUT2D eigenvalue weighted by atomic mass is 10.1. The fraction of sp³-hybridized carbons (Fsp3) is 0.444. The standard InChI is InChI=1S/C9H7ClF5NO2/c10-2-4-1-6(18-9(13,14)15)16-7(8(11)12)5(4)3-17/h1,8,17H,2-3H2. The second kappa shape index (κ2) is 5.66. The van der Waals surface area contributed by atoms with Crippen LogP contribution in [-0.4, -0.2) is 16.5 Å². The van der Waals surface area contributed by atoms with Crippen LogP contribution in [0.15, 0.2) is 6.07 Å². The molecular formula is C9H7ClF5NO2. The van der Waals surface area contributed by atoms with Crippen LogP contribution in [0.1, 0.15) is 23.2 Å². The van der Waals surface area contributed by atoms with E-state index in [9.17, 15) is 22.0 Å². The zero-order valence-electron chi connectivity index (χ0n) is 8.64. The van der Waals surface area contributed by atoms with Gasteiger partial charge in [0, 0.05) is 17.5 Å². The maximum Gasteiger partial charge on any atom is 0.574 e. The number of pyridine rings is 1. The number of hydrogen-bond acceptors (Lipinski definition) is 3. The van der Waals surface area contributed by atoms with Gasteiger partial charge in [-0.15, -0.1) is 24.8 Å². The number of rotatable bonds is 4. The molecule has 0 spiro atoms. The van der Waals surface area contributed by atoms with Crippen LogP contribution >= 0.6 is 11.6 Å². The van der Waals surface area contributed by atoms with E-state index in [-0.39, 0.29) is 17.0 Å². The van der Waals surface area contributed by atoms with Gasteiger partial charge in [-0.3, -0.25) is 0 Å². The van der Waals surface area contributed by atoms with Crippen LogP contribution in [0.4, 0.5) is 22.0 Å². The summed E-state index contributed by atoms with van der Waals surface area (Å²) in [5, 5.41) is 8.91. The third-order valence-electron chi connectivity index (χ3n) is 1.95. The van der Waals surface area contributed by atoms with E-state index in [4.69, 9.17) is 16.7 Å². The smallest absolute Gasteiger partial charge is 0.392 e. The summed E-state index contributed by atoms with van der Waals surface area (Å²) >= 11 is 5.41. The normalized spacial score (nSPS) is 12.0. The molecule has 1 heterocycles. The Balaban J connectivity index is 3.27. The number of aliphatic hydroxyl groups is 1. The van der Waals surface area contributed by atoms with E-state index in [2.05, 4.69) is 9.72 Å². The highest BCUT2D eigenvalue weighted by Crippen LogP contribution is 2.30. The lowest BCUT2D eigenvalue weighted by Crippen LogP contribution is -2.19. The summed E-state index contributed by atoms with van der Waals surface area (Å²) in [5.74, 6) is -1.39. The highest BCUT2D eigenvalue weighted by molar-refractivity contribution is 6.17. The molecule has 1 rings (SSSR count). The summed E-state index contributed by atoms with van der Waals surface area (Å²) in [5.41, 5.74) is -1.37. The summed E-state index contributed by atoms with van der Waals surface area (Å²) in [6.07, 6.45) is -8.19. The topological polar surface area (TPSA) is 42.4 Å². The van der Waals surface area contributed by atoms with Crippen LogP contribution in [0.5, 0.6) is 5.88 Å². The molecule has 0 amide bonds. The van der Waals surface area contributed by atoms with E-state index in [1.165, 1.54) is 0 Å². The van der Waals surface area contributed by atoms with Gasteiger partial charge in [-0.05, 0) is 5.56 Å². The number of aromatic nitrogens is 1. The number of ether oxygens (including phenoxy) is 1. The van der Waals surface area contributed by atoms with E-state index in [0.29, 0.717) is 0 Å². The molecular weight excluding hydrogens is 285 g/mol. The van der Waals surface area contributed by atoms with E-state index in [0.717, 1.165) is 6.07 Å². The minimum atomic E-state index is -5.04. The van der Waals surface area contributed by atoms with Crippen molar-refractivity contribution in [1.29, 1.82) is 0 Å². The SMILES string of the molecule is OCc1c(CCl)cc(OC(F)(F)F)nc1C(F)F. The molecule has 1 aromatic heterocycles. The second-order valence-electron chi connectivity index (χ2n) is 3.12. The first-order valence-electron chi connectivity index (χ1n) is 4.52. The third kappa shape index (κ3) is 3.67. The highest BCUT2D eigenvalue weighted by Gasteiger charge is 2.33. The molecule has 0 saturated carbocycles. The van der Waals surface area contributed by atoms with Crippen molar-refractivity contribution in [3.63, 3.8) is 0 Å². The van der Waals surface area contributed by atoms with Crippen LogP contribution in [0.25, 0.3) is 0 Å². The van der Waals surface area contributed by atoms with Gasteiger partial charge >= 0.3 is 6.36 Å². The molecule has 0 saturated heterocycles. The first-order chi connectivity index (χ1) is 8.28. The Hall–Kier alpha value is -1.15. The molecule has 0 radical (unpaired) electrons. The molecule has 0 bridgehead atoms. The molecule has 1 N–H and O–H groups in total. The minimum absolute atomic E-state index is 0.0938. The van der Waals surface area contributed by atoms with Gasteiger partial charge < -0.3 is 9.84 Å². The van der Waals surface area contributed by atoms with Crippen molar-refractivity contribution in [2.45, 2.75) is 25.3 Å². The molecule has 0 aromatic carbocycles. The van der Waals surface area contributed by atoms with Crippen molar-refractivity contribution in [2.24, 2.45) is 0 Å². The monoisotopic (exact) mass is 291 g/mol. The predicted octanol–water partition coefficient (Wildman–Crippen LogP) is 3.15. The minimum Gasteiger partial charge on any atom is -0.392 e. The number of alkyl halides is 6. The van der Waals surface area contributed by atoms with Gasteiger partial charge in [0.25, 0.3) is 6.43 Å². The molecule has 18 heavy (non-hydrogen) atoms. The van der Waals surface area contributed by atoms with E-state index < -0.39 is 31.0 Å². The lowest BCUT2D eigenvalue weighted by molar-refractivity contribution is -0.276. The maximum absolute atomic E-state index is 12.6. The van der Waals surface area contributed by atoms with E-state index in [1.54, 1.807) is 0 Å². The van der Waals surface area contributed by atoms with Gasteiger partial charge in [-0.2, -0.15) is 0 Å². The molecule has 3 nitrogen and oxygen atoms in total. The predicted molar refractivity (Wildman–Crippen MR) is 51.4 cm³/mol. The molecule has 0 fully saturated rings. The van der Waals surface area contributed by atoms with Crippen LogP contribution in [-0.2, 0) is 12.5 Å². The molecule has 0 aliphatic carbocycles. The van der Waals surface area contributed by atoms with Crippen molar-refractivity contribution in [2.75, 3.05) is 0 Å². The zero-order chi connectivity index (χ0) is 13.9. The first-order valence-corrected chi connectivity index (χ1v) is 5.05. The summed E-state index contributed by atoms with van der Waals surface area (Å²) in [6.45, 7) is -0.805. The lowest BCUT2D eigenvalue weighted by Gasteiger charge is -2.14. The Labute approximate surface area is 103 Å². The number of nitrogens with zero attached hydrogens (tertiary/aromatic N) is 1. The first kappa shape index (κ1) is 14.9. The van der Waals surface area contributed by atoms with Gasteiger partial charge in [0.05, 0.1) is 6.61 Å². The number of hydrogen-bond donors (Lipinski definition) is 1. The largest absolute Gasteiger partial charge is 0.574 e. The second-order valence-corrected chi connectivity index (χ2v) is 3.39. The molecule has 0 aliphatic heterocycles.